The molecule has 0 fully saturated rings. The van der Waals surface area contributed by atoms with Gasteiger partial charge in [-0.05, 0) is 30.3 Å². The molecule has 0 amide bonds. The Labute approximate surface area is 123 Å². The van der Waals surface area contributed by atoms with Crippen LogP contribution in [-0.4, -0.2) is 33.5 Å². The number of hydrogen-bond acceptors (Lipinski definition) is 5. The maximum atomic E-state index is 12.5. The number of ether oxygens (including phenoxy) is 1. The first-order chi connectivity index (χ1) is 9.96. The Morgan fingerprint density at radius 3 is 2.57 bits per heavy atom. The highest BCUT2D eigenvalue weighted by Gasteiger charge is 2.23. The molecule has 1 heterocycles. The van der Waals surface area contributed by atoms with Crippen molar-refractivity contribution in [2.75, 3.05) is 18.5 Å². The van der Waals surface area contributed by atoms with Crippen LogP contribution in [0.4, 0.5) is 5.82 Å². The third kappa shape index (κ3) is 3.03. The molecule has 7 heteroatoms. The first-order valence-corrected chi connectivity index (χ1v) is 7.49. The fourth-order valence-electron chi connectivity index (χ4n) is 1.72. The molecule has 0 aliphatic carbocycles. The summed E-state index contributed by atoms with van der Waals surface area (Å²) in [6, 6.07) is 10.7. The van der Waals surface area contributed by atoms with Crippen molar-refractivity contribution in [1.29, 1.82) is 0 Å². The number of esters is 1. The topological polar surface area (TPSA) is 76.6 Å². The van der Waals surface area contributed by atoms with Crippen LogP contribution in [0.25, 0.3) is 0 Å². The summed E-state index contributed by atoms with van der Waals surface area (Å²) in [5, 5.41) is 0. The van der Waals surface area contributed by atoms with Gasteiger partial charge < -0.3 is 4.74 Å². The molecular weight excluding hydrogens is 292 g/mol. The van der Waals surface area contributed by atoms with Crippen LogP contribution < -0.4 is 4.31 Å². The third-order valence-corrected chi connectivity index (χ3v) is 4.64. The van der Waals surface area contributed by atoms with Gasteiger partial charge in [-0.15, -0.1) is 0 Å². The van der Waals surface area contributed by atoms with E-state index in [1.54, 1.807) is 18.2 Å². The van der Waals surface area contributed by atoms with E-state index in [1.165, 1.54) is 44.6 Å². The fraction of sp³-hybridized carbons (Fsp3) is 0.143. The van der Waals surface area contributed by atoms with E-state index >= 15 is 0 Å². The molecule has 6 nitrogen and oxygen atoms in total. The Kier molecular flexibility index (Phi) is 4.23. The highest BCUT2D eigenvalue weighted by Crippen LogP contribution is 2.20. The number of carbonyl (C=O) groups is 1. The molecule has 0 aliphatic rings. The number of rotatable bonds is 4. The van der Waals surface area contributed by atoms with Crippen LogP contribution in [0.1, 0.15) is 10.4 Å². The van der Waals surface area contributed by atoms with Gasteiger partial charge in [0.25, 0.3) is 10.0 Å². The number of methoxy groups -OCH3 is 1. The van der Waals surface area contributed by atoms with Gasteiger partial charge in [0.15, 0.2) is 0 Å². The molecule has 0 saturated carbocycles. The summed E-state index contributed by atoms with van der Waals surface area (Å²) in [5.74, 6) is -0.298. The number of anilines is 1. The molecule has 0 atom stereocenters. The number of pyridine rings is 1. The van der Waals surface area contributed by atoms with Crippen LogP contribution in [0, 0.1) is 0 Å². The van der Waals surface area contributed by atoms with Gasteiger partial charge in [-0.1, -0.05) is 12.1 Å². The van der Waals surface area contributed by atoms with E-state index in [0.29, 0.717) is 5.82 Å². The normalized spacial score (nSPS) is 11.0. The molecular formula is C14H14N2O4S. The van der Waals surface area contributed by atoms with Gasteiger partial charge in [0.2, 0.25) is 0 Å². The SMILES string of the molecule is COC(=O)c1cccc(S(=O)(=O)N(C)c2ccccn2)c1. The van der Waals surface area contributed by atoms with Gasteiger partial charge in [-0.3, -0.25) is 4.31 Å². The molecule has 21 heavy (non-hydrogen) atoms. The smallest absolute Gasteiger partial charge is 0.337 e. The molecule has 0 bridgehead atoms. The van der Waals surface area contributed by atoms with E-state index in [0.717, 1.165) is 4.31 Å². The van der Waals surface area contributed by atoms with Crippen molar-refractivity contribution < 1.29 is 17.9 Å². The lowest BCUT2D eigenvalue weighted by Crippen LogP contribution is -2.27. The van der Waals surface area contributed by atoms with Gasteiger partial charge in [-0.2, -0.15) is 0 Å². The summed E-state index contributed by atoms with van der Waals surface area (Å²) in [5.41, 5.74) is 0.174. The minimum atomic E-state index is -3.79. The van der Waals surface area contributed by atoms with Crippen LogP contribution >= 0.6 is 0 Å². The first kappa shape index (κ1) is 15.0. The molecule has 110 valence electrons. The van der Waals surface area contributed by atoms with Crippen molar-refractivity contribution in [3.8, 4) is 0 Å². The Morgan fingerprint density at radius 2 is 1.95 bits per heavy atom. The number of nitrogens with zero attached hydrogens (tertiary/aromatic N) is 2. The summed E-state index contributed by atoms with van der Waals surface area (Å²) in [7, 11) is -1.15. The lowest BCUT2D eigenvalue weighted by Gasteiger charge is -2.18. The van der Waals surface area contributed by atoms with E-state index in [-0.39, 0.29) is 10.5 Å². The predicted molar refractivity (Wildman–Crippen MR) is 77.6 cm³/mol. The lowest BCUT2D eigenvalue weighted by atomic mass is 10.2. The van der Waals surface area contributed by atoms with Crippen molar-refractivity contribution in [3.63, 3.8) is 0 Å². The van der Waals surface area contributed by atoms with Crippen LogP contribution in [0.15, 0.2) is 53.6 Å². The first-order valence-electron chi connectivity index (χ1n) is 6.05. The minimum Gasteiger partial charge on any atom is -0.465 e. The van der Waals surface area contributed by atoms with Crippen molar-refractivity contribution >= 4 is 21.8 Å². The quantitative estimate of drug-likeness (QED) is 0.803. The summed E-state index contributed by atoms with van der Waals surface area (Å²) < 4.78 is 30.7. The molecule has 0 saturated heterocycles. The van der Waals surface area contributed by atoms with E-state index in [9.17, 15) is 13.2 Å². The zero-order valence-electron chi connectivity index (χ0n) is 11.6. The zero-order valence-corrected chi connectivity index (χ0v) is 12.4. The van der Waals surface area contributed by atoms with Crippen LogP contribution in [-0.2, 0) is 14.8 Å². The van der Waals surface area contributed by atoms with Crippen molar-refractivity contribution in [3.05, 3.63) is 54.2 Å². The second-order valence-corrected chi connectivity index (χ2v) is 6.15. The zero-order chi connectivity index (χ0) is 15.5. The van der Waals surface area contributed by atoms with Crippen molar-refractivity contribution in [2.24, 2.45) is 0 Å². The second-order valence-electron chi connectivity index (χ2n) is 4.18. The molecule has 2 rings (SSSR count). The molecule has 1 aromatic carbocycles. The lowest BCUT2D eigenvalue weighted by molar-refractivity contribution is 0.0600. The molecule has 1 aromatic heterocycles. The van der Waals surface area contributed by atoms with Gasteiger partial charge in [-0.25, -0.2) is 18.2 Å². The molecule has 0 spiro atoms. The van der Waals surface area contributed by atoms with Gasteiger partial charge in [0, 0.05) is 13.2 Å². The van der Waals surface area contributed by atoms with Crippen LogP contribution in [0.2, 0.25) is 0 Å². The highest BCUT2D eigenvalue weighted by atomic mass is 32.2. The average molecular weight is 306 g/mol. The minimum absolute atomic E-state index is 0.00134. The van der Waals surface area contributed by atoms with E-state index in [4.69, 9.17) is 0 Å². The standard InChI is InChI=1S/C14H14N2O4S/c1-16(13-8-3-4-9-15-13)21(18,19)12-7-5-6-11(10-12)14(17)20-2/h3-10H,1-2H3. The second kappa shape index (κ2) is 5.92. The van der Waals surface area contributed by atoms with Crippen LogP contribution in [0.5, 0.6) is 0 Å². The number of hydrogen-bond donors (Lipinski definition) is 0. The third-order valence-electron chi connectivity index (χ3n) is 2.89. The molecule has 2 aromatic rings. The molecule has 0 N–H and O–H groups in total. The van der Waals surface area contributed by atoms with Gasteiger partial charge in [0.1, 0.15) is 5.82 Å². The predicted octanol–water partition coefficient (Wildman–Crippen LogP) is 1.69. The Hall–Kier alpha value is -2.41. The number of aromatic nitrogens is 1. The number of sulfonamides is 1. The van der Waals surface area contributed by atoms with E-state index < -0.39 is 16.0 Å². The monoisotopic (exact) mass is 306 g/mol. The summed E-state index contributed by atoms with van der Waals surface area (Å²) in [6.45, 7) is 0. The Bertz CT molecular complexity index is 745. The molecule has 0 radical (unpaired) electrons. The van der Waals surface area contributed by atoms with Crippen molar-refractivity contribution in [2.45, 2.75) is 4.90 Å². The van der Waals surface area contributed by atoms with Crippen LogP contribution in [0.3, 0.4) is 0 Å². The summed E-state index contributed by atoms with van der Waals surface area (Å²) in [6.07, 6.45) is 1.51. The van der Waals surface area contributed by atoms with Gasteiger partial charge >= 0.3 is 5.97 Å². The highest BCUT2D eigenvalue weighted by molar-refractivity contribution is 7.92. The number of benzene rings is 1. The van der Waals surface area contributed by atoms with E-state index in [2.05, 4.69) is 9.72 Å². The average Bonchev–Trinajstić information content (AvgIpc) is 2.54. The Morgan fingerprint density at radius 1 is 1.19 bits per heavy atom. The number of carbonyl (C=O) groups excluding carboxylic acids is 1. The molecule has 0 unspecified atom stereocenters. The summed E-state index contributed by atoms with van der Waals surface area (Å²) >= 11 is 0. The summed E-state index contributed by atoms with van der Waals surface area (Å²) in [4.78, 5) is 15.5. The van der Waals surface area contributed by atoms with Crippen molar-refractivity contribution in [1.82, 2.24) is 4.98 Å². The largest absolute Gasteiger partial charge is 0.465 e. The maximum Gasteiger partial charge on any atom is 0.337 e. The van der Waals surface area contributed by atoms with E-state index in [1.807, 2.05) is 0 Å². The Balaban J connectivity index is 2.43. The van der Waals surface area contributed by atoms with Gasteiger partial charge in [0.05, 0.1) is 17.6 Å². The molecule has 0 aliphatic heterocycles. The maximum absolute atomic E-state index is 12.5. The fourth-order valence-corrected chi connectivity index (χ4v) is 2.92.